The Hall–Kier alpha value is -5.13. The number of benzene rings is 1. The van der Waals surface area contributed by atoms with Crippen LogP contribution >= 0.6 is 0 Å². The highest BCUT2D eigenvalue weighted by atomic mass is 16.5. The summed E-state index contributed by atoms with van der Waals surface area (Å²) in [5.41, 5.74) is 8.61. The van der Waals surface area contributed by atoms with Gasteiger partial charge < -0.3 is 25.6 Å². The van der Waals surface area contributed by atoms with Crippen LogP contribution in [0, 0.1) is 6.92 Å². The van der Waals surface area contributed by atoms with Gasteiger partial charge in [0.2, 0.25) is 11.9 Å². The van der Waals surface area contributed by atoms with Gasteiger partial charge in [-0.25, -0.2) is 29.9 Å². The van der Waals surface area contributed by atoms with E-state index >= 15 is 0 Å². The number of nitrogens with one attached hydrogen (secondary N) is 1. The first-order valence-electron chi connectivity index (χ1n) is 12.8. The molecule has 3 N–H and O–H groups in total. The van der Waals surface area contributed by atoms with Crippen molar-refractivity contribution in [1.82, 2.24) is 29.8 Å². The van der Waals surface area contributed by atoms with E-state index in [0.29, 0.717) is 65.6 Å². The van der Waals surface area contributed by atoms with E-state index in [1.54, 1.807) is 36.4 Å². The summed E-state index contributed by atoms with van der Waals surface area (Å²) in [6.07, 6.45) is 6.15. The molecule has 1 aliphatic rings. The number of hydrogen-bond acceptors (Lipinski definition) is 10. The van der Waals surface area contributed by atoms with Crippen LogP contribution in [0.25, 0.3) is 11.0 Å². The molecule has 0 bridgehead atoms. The number of ether oxygens (including phenoxy) is 1. The molecule has 1 aliphatic heterocycles. The molecule has 4 heterocycles. The number of amidine groups is 1. The van der Waals surface area contributed by atoms with Crippen LogP contribution in [0.5, 0.6) is 11.5 Å². The van der Waals surface area contributed by atoms with Crippen molar-refractivity contribution in [3.05, 3.63) is 67.3 Å². The highest BCUT2D eigenvalue weighted by molar-refractivity contribution is 5.88. The number of carbonyl (C=O) groups is 1. The molecule has 40 heavy (non-hydrogen) atoms. The second-order valence-corrected chi connectivity index (χ2v) is 9.47. The molecule has 1 amide bonds. The van der Waals surface area contributed by atoms with Gasteiger partial charge in [-0.1, -0.05) is 6.58 Å². The maximum atomic E-state index is 12.1. The molecule has 1 fully saturated rings. The minimum absolute atomic E-state index is 0.00289. The average molecular weight is 539 g/mol. The van der Waals surface area contributed by atoms with Crippen molar-refractivity contribution in [2.24, 2.45) is 10.7 Å². The van der Waals surface area contributed by atoms with Gasteiger partial charge in [0.05, 0.1) is 12.0 Å². The van der Waals surface area contributed by atoms with Crippen molar-refractivity contribution in [3.8, 4) is 11.5 Å². The van der Waals surface area contributed by atoms with E-state index in [2.05, 4.69) is 41.7 Å². The second kappa shape index (κ2) is 11.3. The minimum atomic E-state index is -0.0699. The number of aryl methyl sites for hydroxylation is 1. The molecule has 12 heteroatoms. The third-order valence-corrected chi connectivity index (χ3v) is 6.41. The number of hydrogen-bond donors (Lipinski definition) is 2. The van der Waals surface area contributed by atoms with Gasteiger partial charge in [0.15, 0.2) is 11.6 Å². The zero-order valence-corrected chi connectivity index (χ0v) is 22.6. The molecule has 5 rings (SSSR count). The van der Waals surface area contributed by atoms with E-state index in [4.69, 9.17) is 15.5 Å². The molecule has 0 aliphatic carbocycles. The summed E-state index contributed by atoms with van der Waals surface area (Å²) in [5.74, 6) is 3.25. The fourth-order valence-corrected chi connectivity index (χ4v) is 4.48. The molecular weight excluding hydrogens is 508 g/mol. The van der Waals surface area contributed by atoms with Crippen LogP contribution in [0.1, 0.15) is 19.4 Å². The largest absolute Gasteiger partial charge is 0.457 e. The molecule has 3 aromatic heterocycles. The zero-order valence-electron chi connectivity index (χ0n) is 22.6. The standard InChI is InChI=1S/C28H30N10O2/c1-5-25(39)38-11-10-37(15-18(38)3)28-31-14-22-26(36-28)27(33-16-32-22)35-20-6-7-23(17(2)12-20)40-21-8-9-30-24(13-21)34-19(4)29/h5-9,12-14,16,18H,1,10-11,15H2,2-4H3,(H2,29,30,34)(H,32,33,35)/t18-/m1/s1. The first-order valence-corrected chi connectivity index (χ1v) is 12.8. The number of nitrogens with zero attached hydrogens (tertiary/aromatic N) is 8. The summed E-state index contributed by atoms with van der Waals surface area (Å²) in [7, 11) is 0. The van der Waals surface area contributed by atoms with Crippen LogP contribution in [0.15, 0.2) is 66.7 Å². The minimum Gasteiger partial charge on any atom is -0.457 e. The van der Waals surface area contributed by atoms with E-state index in [1.165, 1.54) is 12.4 Å². The Bertz CT molecular complexity index is 1600. The first-order chi connectivity index (χ1) is 19.3. The van der Waals surface area contributed by atoms with E-state index in [-0.39, 0.29) is 11.9 Å². The van der Waals surface area contributed by atoms with Crippen LogP contribution in [0.2, 0.25) is 0 Å². The van der Waals surface area contributed by atoms with Crippen molar-refractivity contribution in [2.45, 2.75) is 26.8 Å². The summed E-state index contributed by atoms with van der Waals surface area (Å²) < 4.78 is 6.07. The zero-order chi connectivity index (χ0) is 28.2. The van der Waals surface area contributed by atoms with Crippen LogP contribution in [0.3, 0.4) is 0 Å². The number of anilines is 3. The number of aliphatic imine (C=N–C) groups is 1. The van der Waals surface area contributed by atoms with Gasteiger partial charge in [-0.15, -0.1) is 0 Å². The fraction of sp³-hybridized carbons (Fsp3) is 0.250. The number of aromatic nitrogens is 5. The summed E-state index contributed by atoms with van der Waals surface area (Å²) in [6, 6.07) is 9.24. The van der Waals surface area contributed by atoms with Gasteiger partial charge >= 0.3 is 0 Å². The number of pyridine rings is 1. The second-order valence-electron chi connectivity index (χ2n) is 9.47. The lowest BCUT2D eigenvalue weighted by atomic mass is 10.2. The number of piperazine rings is 1. The Morgan fingerprint density at radius 3 is 2.80 bits per heavy atom. The Morgan fingerprint density at radius 2 is 2.05 bits per heavy atom. The number of nitrogens with two attached hydrogens (primary N) is 1. The van der Waals surface area contributed by atoms with Gasteiger partial charge in [0, 0.05) is 43.6 Å². The maximum Gasteiger partial charge on any atom is 0.246 e. The Morgan fingerprint density at radius 1 is 1.20 bits per heavy atom. The highest BCUT2D eigenvalue weighted by Gasteiger charge is 2.27. The normalized spacial score (nSPS) is 15.7. The van der Waals surface area contributed by atoms with Gasteiger partial charge in [-0.3, -0.25) is 4.79 Å². The van der Waals surface area contributed by atoms with Crippen molar-refractivity contribution < 1.29 is 9.53 Å². The molecule has 4 aromatic rings. The van der Waals surface area contributed by atoms with E-state index in [0.717, 1.165) is 11.3 Å². The van der Waals surface area contributed by atoms with Crippen molar-refractivity contribution in [1.29, 1.82) is 0 Å². The first kappa shape index (κ1) is 26.5. The van der Waals surface area contributed by atoms with Crippen LogP contribution in [-0.2, 0) is 4.79 Å². The topological polar surface area (TPSA) is 148 Å². The van der Waals surface area contributed by atoms with Gasteiger partial charge in [-0.2, -0.15) is 0 Å². The van der Waals surface area contributed by atoms with E-state index in [9.17, 15) is 4.79 Å². The van der Waals surface area contributed by atoms with Gasteiger partial charge in [0.1, 0.15) is 28.9 Å². The molecular formula is C28H30N10O2. The number of carbonyl (C=O) groups excluding carboxylic acids is 1. The maximum absolute atomic E-state index is 12.1. The number of fused-ring (bicyclic) bond motifs is 1. The Kier molecular flexibility index (Phi) is 7.49. The third kappa shape index (κ3) is 5.80. The van der Waals surface area contributed by atoms with Gasteiger partial charge in [0.25, 0.3) is 0 Å². The van der Waals surface area contributed by atoms with Crippen molar-refractivity contribution in [2.75, 3.05) is 29.9 Å². The molecule has 1 atom stereocenters. The van der Waals surface area contributed by atoms with Crippen LogP contribution in [0.4, 0.5) is 23.3 Å². The molecule has 204 valence electrons. The predicted octanol–water partition coefficient (Wildman–Crippen LogP) is 3.89. The molecule has 1 aromatic carbocycles. The molecule has 0 saturated carbocycles. The third-order valence-electron chi connectivity index (χ3n) is 6.41. The molecule has 0 radical (unpaired) electrons. The van der Waals surface area contributed by atoms with E-state index < -0.39 is 0 Å². The summed E-state index contributed by atoms with van der Waals surface area (Å²) in [5, 5.41) is 3.36. The van der Waals surface area contributed by atoms with Crippen LogP contribution in [-0.4, -0.2) is 67.2 Å². The molecule has 12 nitrogen and oxygen atoms in total. The van der Waals surface area contributed by atoms with Crippen molar-refractivity contribution in [3.63, 3.8) is 0 Å². The van der Waals surface area contributed by atoms with E-state index in [1.807, 2.05) is 32.0 Å². The summed E-state index contributed by atoms with van der Waals surface area (Å²) in [6.45, 7) is 11.1. The monoisotopic (exact) mass is 538 g/mol. The summed E-state index contributed by atoms with van der Waals surface area (Å²) in [4.78, 5) is 42.4. The quantitative estimate of drug-likeness (QED) is 0.202. The number of amides is 1. The van der Waals surface area contributed by atoms with Crippen LogP contribution < -0.4 is 20.7 Å². The lowest BCUT2D eigenvalue weighted by Crippen LogP contribution is -2.54. The lowest BCUT2D eigenvalue weighted by molar-refractivity contribution is -0.128. The number of rotatable bonds is 7. The molecule has 0 spiro atoms. The lowest BCUT2D eigenvalue weighted by Gasteiger charge is -2.39. The summed E-state index contributed by atoms with van der Waals surface area (Å²) >= 11 is 0. The van der Waals surface area contributed by atoms with Gasteiger partial charge in [-0.05, 0) is 56.7 Å². The Balaban J connectivity index is 1.35. The smallest absolute Gasteiger partial charge is 0.246 e. The Labute approximate surface area is 231 Å². The molecule has 0 unspecified atom stereocenters. The predicted molar refractivity (Wildman–Crippen MR) is 154 cm³/mol. The SMILES string of the molecule is C=CC(=O)N1CCN(c2ncc3ncnc(Nc4ccc(Oc5ccnc(N=C(C)N)c5)c(C)c4)c3n2)C[C@H]1C. The molecule has 1 saturated heterocycles. The van der Waals surface area contributed by atoms with Crippen molar-refractivity contribution >= 4 is 46.0 Å². The average Bonchev–Trinajstić information content (AvgIpc) is 2.94. The highest BCUT2D eigenvalue weighted by Crippen LogP contribution is 2.30. The fourth-order valence-electron chi connectivity index (χ4n) is 4.48.